The van der Waals surface area contributed by atoms with Crippen molar-refractivity contribution in [2.24, 2.45) is 0 Å². The molecule has 3 nitrogen and oxygen atoms in total. The second kappa shape index (κ2) is 5.95. The fourth-order valence-electron chi connectivity index (χ4n) is 2.28. The predicted octanol–water partition coefficient (Wildman–Crippen LogP) is 2.85. The standard InChI is InChI=1S/C16H18FNO2S/c1-11-10-13(6-9-15(11)17)16(18-2)12-4-7-14(8-5-12)21(3,19)20/h4-10,16,18H,1-3H3. The minimum absolute atomic E-state index is 0.113. The summed E-state index contributed by atoms with van der Waals surface area (Å²) in [5.41, 5.74) is 2.44. The van der Waals surface area contributed by atoms with E-state index in [2.05, 4.69) is 5.32 Å². The molecule has 0 aliphatic heterocycles. The Kier molecular flexibility index (Phi) is 4.44. The average molecular weight is 307 g/mol. The van der Waals surface area contributed by atoms with Gasteiger partial charge in [0, 0.05) is 6.26 Å². The molecule has 1 atom stereocenters. The topological polar surface area (TPSA) is 46.2 Å². The third kappa shape index (κ3) is 3.49. The fraction of sp³-hybridized carbons (Fsp3) is 0.250. The fourth-order valence-corrected chi connectivity index (χ4v) is 2.91. The molecule has 0 fully saturated rings. The molecule has 0 saturated heterocycles. The monoisotopic (exact) mass is 307 g/mol. The molecule has 0 aromatic heterocycles. The van der Waals surface area contributed by atoms with Gasteiger partial charge in [-0.3, -0.25) is 0 Å². The zero-order valence-electron chi connectivity index (χ0n) is 12.2. The average Bonchev–Trinajstić information content (AvgIpc) is 2.43. The van der Waals surface area contributed by atoms with E-state index in [4.69, 9.17) is 0 Å². The van der Waals surface area contributed by atoms with E-state index in [1.54, 1.807) is 43.3 Å². The number of hydrogen-bond acceptors (Lipinski definition) is 3. The smallest absolute Gasteiger partial charge is 0.175 e. The number of rotatable bonds is 4. The maximum Gasteiger partial charge on any atom is 0.175 e. The van der Waals surface area contributed by atoms with Gasteiger partial charge in [-0.25, -0.2) is 12.8 Å². The second-order valence-electron chi connectivity index (χ2n) is 5.07. The van der Waals surface area contributed by atoms with Crippen LogP contribution >= 0.6 is 0 Å². The summed E-state index contributed by atoms with van der Waals surface area (Å²) in [5.74, 6) is -0.235. The highest BCUT2D eigenvalue weighted by Crippen LogP contribution is 2.24. The SMILES string of the molecule is CNC(c1ccc(S(C)(=O)=O)cc1)c1ccc(F)c(C)c1. The molecule has 5 heteroatoms. The van der Waals surface area contributed by atoms with Crippen LogP contribution in [0.3, 0.4) is 0 Å². The summed E-state index contributed by atoms with van der Waals surface area (Å²) in [5, 5.41) is 3.17. The first-order chi connectivity index (χ1) is 9.82. The van der Waals surface area contributed by atoms with E-state index in [1.807, 2.05) is 7.05 Å². The van der Waals surface area contributed by atoms with Crippen LogP contribution in [0.25, 0.3) is 0 Å². The van der Waals surface area contributed by atoms with Gasteiger partial charge in [-0.2, -0.15) is 0 Å². The molecule has 112 valence electrons. The Labute approximate surface area is 124 Å². The number of benzene rings is 2. The van der Waals surface area contributed by atoms with Gasteiger partial charge in [-0.05, 0) is 48.9 Å². The van der Waals surface area contributed by atoms with Crippen molar-refractivity contribution in [1.82, 2.24) is 5.32 Å². The van der Waals surface area contributed by atoms with Crippen molar-refractivity contribution in [3.05, 3.63) is 65.0 Å². The van der Waals surface area contributed by atoms with Crippen molar-refractivity contribution >= 4 is 9.84 Å². The van der Waals surface area contributed by atoms with Gasteiger partial charge in [0.25, 0.3) is 0 Å². The molecule has 21 heavy (non-hydrogen) atoms. The molecule has 0 aliphatic rings. The van der Waals surface area contributed by atoms with Crippen LogP contribution in [0.15, 0.2) is 47.4 Å². The zero-order chi connectivity index (χ0) is 15.6. The molecule has 2 aromatic carbocycles. The molecule has 0 bridgehead atoms. The van der Waals surface area contributed by atoms with E-state index in [-0.39, 0.29) is 16.8 Å². The van der Waals surface area contributed by atoms with Crippen LogP contribution in [0.5, 0.6) is 0 Å². The van der Waals surface area contributed by atoms with Crippen LogP contribution < -0.4 is 5.32 Å². The molecular formula is C16H18FNO2S. The van der Waals surface area contributed by atoms with Gasteiger partial charge in [0.2, 0.25) is 0 Å². The zero-order valence-corrected chi connectivity index (χ0v) is 13.0. The summed E-state index contributed by atoms with van der Waals surface area (Å²) in [6.07, 6.45) is 1.18. The highest BCUT2D eigenvalue weighted by molar-refractivity contribution is 7.90. The van der Waals surface area contributed by atoms with Crippen molar-refractivity contribution in [3.63, 3.8) is 0 Å². The molecular weight excluding hydrogens is 289 g/mol. The Morgan fingerprint density at radius 3 is 2.10 bits per heavy atom. The van der Waals surface area contributed by atoms with Gasteiger partial charge < -0.3 is 5.32 Å². The number of hydrogen-bond donors (Lipinski definition) is 1. The predicted molar refractivity (Wildman–Crippen MR) is 81.6 cm³/mol. The van der Waals surface area contributed by atoms with Crippen LogP contribution in [-0.4, -0.2) is 21.7 Å². The van der Waals surface area contributed by atoms with Crippen LogP contribution in [0.2, 0.25) is 0 Å². The molecule has 2 aromatic rings. The highest BCUT2D eigenvalue weighted by Gasteiger charge is 2.14. The first kappa shape index (κ1) is 15.7. The molecule has 1 N–H and O–H groups in total. The van der Waals surface area contributed by atoms with Gasteiger partial charge >= 0.3 is 0 Å². The van der Waals surface area contributed by atoms with Crippen molar-refractivity contribution in [2.45, 2.75) is 17.9 Å². The molecule has 0 saturated carbocycles. The Balaban J connectivity index is 2.39. The maximum absolute atomic E-state index is 13.4. The summed E-state index contributed by atoms with van der Waals surface area (Å²) in [4.78, 5) is 0.288. The Hall–Kier alpha value is -1.72. The van der Waals surface area contributed by atoms with E-state index in [1.165, 1.54) is 12.3 Å². The highest BCUT2D eigenvalue weighted by atomic mass is 32.2. The Morgan fingerprint density at radius 2 is 1.62 bits per heavy atom. The molecule has 0 spiro atoms. The number of sulfone groups is 1. The van der Waals surface area contributed by atoms with Crippen LogP contribution in [-0.2, 0) is 9.84 Å². The van der Waals surface area contributed by atoms with Gasteiger partial charge in [0.15, 0.2) is 9.84 Å². The van der Waals surface area contributed by atoms with Gasteiger partial charge in [0.05, 0.1) is 10.9 Å². The van der Waals surface area contributed by atoms with Crippen molar-refractivity contribution in [2.75, 3.05) is 13.3 Å². The molecule has 0 aliphatic carbocycles. The minimum atomic E-state index is -3.20. The molecule has 0 heterocycles. The van der Waals surface area contributed by atoms with E-state index < -0.39 is 9.84 Å². The quantitative estimate of drug-likeness (QED) is 0.945. The van der Waals surface area contributed by atoms with Gasteiger partial charge in [0.1, 0.15) is 5.82 Å². The normalized spacial score (nSPS) is 13.1. The lowest BCUT2D eigenvalue weighted by atomic mass is 9.97. The third-order valence-electron chi connectivity index (χ3n) is 3.45. The lowest BCUT2D eigenvalue weighted by molar-refractivity contribution is 0.601. The first-order valence-electron chi connectivity index (χ1n) is 6.56. The van der Waals surface area contributed by atoms with Crippen molar-refractivity contribution in [1.29, 1.82) is 0 Å². The van der Waals surface area contributed by atoms with E-state index in [0.717, 1.165) is 11.1 Å². The van der Waals surface area contributed by atoms with Gasteiger partial charge in [-0.15, -0.1) is 0 Å². The van der Waals surface area contributed by atoms with Crippen LogP contribution in [0.4, 0.5) is 4.39 Å². The van der Waals surface area contributed by atoms with Crippen LogP contribution in [0, 0.1) is 12.7 Å². The van der Waals surface area contributed by atoms with Crippen molar-refractivity contribution < 1.29 is 12.8 Å². The minimum Gasteiger partial charge on any atom is -0.309 e. The van der Waals surface area contributed by atoms with Crippen LogP contribution in [0.1, 0.15) is 22.7 Å². The summed E-state index contributed by atoms with van der Waals surface area (Å²) >= 11 is 0. The summed E-state index contributed by atoms with van der Waals surface area (Å²) in [6.45, 7) is 1.72. The Morgan fingerprint density at radius 1 is 1.05 bits per heavy atom. The van der Waals surface area contributed by atoms with E-state index >= 15 is 0 Å². The van der Waals surface area contributed by atoms with E-state index in [0.29, 0.717) is 5.56 Å². The molecule has 2 rings (SSSR count). The molecule has 0 amide bonds. The summed E-state index contributed by atoms with van der Waals surface area (Å²) < 4.78 is 36.3. The molecule has 1 unspecified atom stereocenters. The maximum atomic E-state index is 13.4. The summed E-state index contributed by atoms with van der Waals surface area (Å²) in [7, 11) is -1.39. The second-order valence-corrected chi connectivity index (χ2v) is 7.09. The van der Waals surface area contributed by atoms with Crippen molar-refractivity contribution in [3.8, 4) is 0 Å². The lowest BCUT2D eigenvalue weighted by Gasteiger charge is -2.18. The lowest BCUT2D eigenvalue weighted by Crippen LogP contribution is -2.18. The molecule has 0 radical (unpaired) electrons. The largest absolute Gasteiger partial charge is 0.309 e. The third-order valence-corrected chi connectivity index (χ3v) is 4.57. The number of halogens is 1. The number of nitrogens with one attached hydrogen (secondary N) is 1. The van der Waals surface area contributed by atoms with E-state index in [9.17, 15) is 12.8 Å². The Bertz CT molecular complexity index is 739. The first-order valence-corrected chi connectivity index (χ1v) is 8.45. The number of aryl methyl sites for hydroxylation is 1. The summed E-state index contributed by atoms with van der Waals surface area (Å²) in [6, 6.07) is 11.6. The van der Waals surface area contributed by atoms with Gasteiger partial charge in [-0.1, -0.05) is 24.3 Å².